The maximum absolute atomic E-state index is 13.8. The Morgan fingerprint density at radius 1 is 1.08 bits per heavy atom. The molecule has 196 valence electrons. The van der Waals surface area contributed by atoms with Crippen LogP contribution in [0.4, 0.5) is 8.78 Å². The fourth-order valence-corrected chi connectivity index (χ4v) is 6.28. The lowest BCUT2D eigenvalue weighted by Gasteiger charge is -2.42. The standard InChI is InChI=1S/C31H43F2N3/c1-6-28-29-19-25(7-8-30(29)34-31(28)26(17-22(4)32)18-23(5)33)24-9-15-36(16-10-24)27-11-13-35(14-12-27)20-21(2)3/h7-8,17-19,21,24,27,34H,4,6,9-16,20H2,1-3,5H3/b23-18+,26-17+. The molecule has 4 rings (SSSR count). The van der Waals surface area contributed by atoms with Crippen LogP contribution in [0.1, 0.15) is 76.1 Å². The van der Waals surface area contributed by atoms with Crippen LogP contribution in [0, 0.1) is 5.92 Å². The second-order valence-corrected chi connectivity index (χ2v) is 11.2. The summed E-state index contributed by atoms with van der Waals surface area (Å²) in [5.74, 6) is 0.361. The van der Waals surface area contributed by atoms with E-state index in [1.807, 2.05) is 0 Å². The number of halogens is 2. The summed E-state index contributed by atoms with van der Waals surface area (Å²) in [5.41, 5.74) is 4.76. The lowest BCUT2D eigenvalue weighted by molar-refractivity contribution is 0.0828. The highest BCUT2D eigenvalue weighted by Gasteiger charge is 2.29. The highest BCUT2D eigenvalue weighted by atomic mass is 19.1. The van der Waals surface area contributed by atoms with Crippen LogP contribution in [-0.2, 0) is 6.42 Å². The summed E-state index contributed by atoms with van der Waals surface area (Å²) in [7, 11) is 0. The number of fused-ring (bicyclic) bond motifs is 1. The number of piperidine rings is 2. The number of aromatic amines is 1. The zero-order valence-corrected chi connectivity index (χ0v) is 22.5. The van der Waals surface area contributed by atoms with Gasteiger partial charge in [-0.3, -0.25) is 0 Å². The molecule has 2 aliphatic rings. The first-order valence-corrected chi connectivity index (χ1v) is 13.8. The van der Waals surface area contributed by atoms with Crippen molar-refractivity contribution in [3.63, 3.8) is 0 Å². The molecule has 2 saturated heterocycles. The van der Waals surface area contributed by atoms with Crippen molar-refractivity contribution in [2.75, 3.05) is 32.7 Å². The van der Waals surface area contributed by atoms with Gasteiger partial charge in [-0.2, -0.15) is 0 Å². The molecule has 5 heteroatoms. The van der Waals surface area contributed by atoms with Crippen LogP contribution in [0.5, 0.6) is 0 Å². The van der Waals surface area contributed by atoms with Crippen molar-refractivity contribution < 1.29 is 8.78 Å². The Morgan fingerprint density at radius 3 is 2.36 bits per heavy atom. The van der Waals surface area contributed by atoms with E-state index in [1.54, 1.807) is 0 Å². The van der Waals surface area contributed by atoms with E-state index >= 15 is 0 Å². The molecule has 0 amide bonds. The summed E-state index contributed by atoms with van der Waals surface area (Å²) in [6, 6.07) is 7.42. The minimum atomic E-state index is -0.582. The first-order chi connectivity index (χ1) is 17.2. The molecule has 2 aromatic rings. The number of likely N-dealkylation sites (tertiary alicyclic amines) is 2. The summed E-state index contributed by atoms with van der Waals surface area (Å²) < 4.78 is 27.4. The molecule has 0 bridgehead atoms. The Bertz CT molecular complexity index is 1110. The molecule has 3 nitrogen and oxygen atoms in total. The molecule has 3 heterocycles. The average Bonchev–Trinajstić information content (AvgIpc) is 3.21. The van der Waals surface area contributed by atoms with Crippen molar-refractivity contribution in [3.05, 3.63) is 65.4 Å². The number of nitrogens with zero attached hydrogens (tertiary/aromatic N) is 2. The van der Waals surface area contributed by atoms with E-state index < -0.39 is 5.83 Å². The number of hydrogen-bond acceptors (Lipinski definition) is 2. The fraction of sp³-hybridized carbons (Fsp3) is 0.548. The average molecular weight is 496 g/mol. The monoisotopic (exact) mass is 495 g/mol. The molecule has 0 radical (unpaired) electrons. The van der Waals surface area contributed by atoms with Gasteiger partial charge >= 0.3 is 0 Å². The number of rotatable bonds is 8. The summed E-state index contributed by atoms with van der Waals surface area (Å²) in [6.45, 7) is 17.5. The van der Waals surface area contributed by atoms with Crippen LogP contribution >= 0.6 is 0 Å². The Morgan fingerprint density at radius 2 is 1.78 bits per heavy atom. The van der Waals surface area contributed by atoms with Crippen LogP contribution in [-0.4, -0.2) is 53.5 Å². The molecule has 0 unspecified atom stereocenters. The number of benzene rings is 1. The van der Waals surface area contributed by atoms with Crippen molar-refractivity contribution in [2.45, 2.75) is 71.8 Å². The quantitative estimate of drug-likeness (QED) is 0.378. The van der Waals surface area contributed by atoms with E-state index in [2.05, 4.69) is 60.3 Å². The Kier molecular flexibility index (Phi) is 8.84. The number of nitrogens with one attached hydrogen (secondary N) is 1. The van der Waals surface area contributed by atoms with E-state index in [0.717, 1.165) is 40.5 Å². The highest BCUT2D eigenvalue weighted by Crippen LogP contribution is 2.35. The van der Waals surface area contributed by atoms with E-state index in [0.29, 0.717) is 11.5 Å². The van der Waals surface area contributed by atoms with Crippen LogP contribution < -0.4 is 0 Å². The topological polar surface area (TPSA) is 22.3 Å². The predicted molar refractivity (Wildman–Crippen MR) is 149 cm³/mol. The van der Waals surface area contributed by atoms with Gasteiger partial charge in [0, 0.05) is 34.8 Å². The molecule has 0 spiro atoms. The predicted octanol–water partition coefficient (Wildman–Crippen LogP) is 7.77. The Labute approximate surface area is 215 Å². The molecule has 0 saturated carbocycles. The normalized spacial score (nSPS) is 20.1. The summed E-state index contributed by atoms with van der Waals surface area (Å²) in [6.07, 6.45) is 8.42. The van der Waals surface area contributed by atoms with E-state index in [-0.39, 0.29) is 5.83 Å². The maximum atomic E-state index is 13.8. The van der Waals surface area contributed by atoms with Gasteiger partial charge in [0.25, 0.3) is 0 Å². The zero-order valence-electron chi connectivity index (χ0n) is 22.5. The maximum Gasteiger partial charge on any atom is 0.116 e. The molecule has 2 fully saturated rings. The third kappa shape index (κ3) is 6.36. The van der Waals surface area contributed by atoms with Crippen LogP contribution in [0.25, 0.3) is 16.5 Å². The van der Waals surface area contributed by atoms with Crippen molar-refractivity contribution in [1.29, 1.82) is 0 Å². The fourth-order valence-electron chi connectivity index (χ4n) is 6.28. The Hall–Kier alpha value is -2.24. The van der Waals surface area contributed by atoms with Crippen molar-refractivity contribution in [2.24, 2.45) is 5.92 Å². The second kappa shape index (κ2) is 11.9. The third-order valence-electron chi connectivity index (χ3n) is 7.94. The smallest absolute Gasteiger partial charge is 0.116 e. The summed E-state index contributed by atoms with van der Waals surface area (Å²) >= 11 is 0. The van der Waals surface area contributed by atoms with Gasteiger partial charge in [0.15, 0.2) is 0 Å². The third-order valence-corrected chi connectivity index (χ3v) is 7.94. The highest BCUT2D eigenvalue weighted by molar-refractivity contribution is 5.92. The van der Waals surface area contributed by atoms with Gasteiger partial charge in [0.05, 0.1) is 5.83 Å². The van der Waals surface area contributed by atoms with Gasteiger partial charge < -0.3 is 14.8 Å². The molecular formula is C31H43F2N3. The largest absolute Gasteiger partial charge is 0.354 e. The lowest BCUT2D eigenvalue weighted by Crippen LogP contribution is -2.48. The van der Waals surface area contributed by atoms with Gasteiger partial charge in [-0.25, -0.2) is 8.78 Å². The van der Waals surface area contributed by atoms with Gasteiger partial charge in [-0.05, 0) is 112 Å². The van der Waals surface area contributed by atoms with Crippen molar-refractivity contribution >= 4 is 16.5 Å². The van der Waals surface area contributed by atoms with Crippen LogP contribution in [0.15, 0.2) is 48.6 Å². The van der Waals surface area contributed by atoms with Gasteiger partial charge in [0.1, 0.15) is 5.83 Å². The Balaban J connectivity index is 1.47. The molecule has 0 atom stereocenters. The number of hydrogen-bond donors (Lipinski definition) is 1. The number of H-pyrrole nitrogens is 1. The van der Waals surface area contributed by atoms with E-state index in [9.17, 15) is 8.78 Å². The van der Waals surface area contributed by atoms with Gasteiger partial charge in [-0.1, -0.05) is 33.4 Å². The zero-order chi connectivity index (χ0) is 25.8. The number of aryl methyl sites for hydroxylation is 1. The first-order valence-electron chi connectivity index (χ1n) is 13.8. The summed E-state index contributed by atoms with van der Waals surface area (Å²) in [4.78, 5) is 8.79. The van der Waals surface area contributed by atoms with Gasteiger partial charge in [0.2, 0.25) is 0 Å². The van der Waals surface area contributed by atoms with Crippen LogP contribution in [0.3, 0.4) is 0 Å². The SMILES string of the molecule is C=C(F)/C=C(\C=C(/C)F)c1[nH]c2ccc(C3CCN(C4CCN(CC(C)C)CC4)CC3)cc2c1CC. The molecule has 0 aliphatic carbocycles. The van der Waals surface area contributed by atoms with Gasteiger partial charge in [-0.15, -0.1) is 0 Å². The van der Waals surface area contributed by atoms with E-state index in [4.69, 9.17) is 0 Å². The summed E-state index contributed by atoms with van der Waals surface area (Å²) in [5, 5.41) is 1.16. The molecule has 36 heavy (non-hydrogen) atoms. The molecular weight excluding hydrogens is 452 g/mol. The first kappa shape index (κ1) is 26.8. The number of allylic oxidation sites excluding steroid dienone is 5. The van der Waals surface area contributed by atoms with Crippen molar-refractivity contribution in [1.82, 2.24) is 14.8 Å². The van der Waals surface area contributed by atoms with E-state index in [1.165, 1.54) is 83.0 Å². The molecule has 2 aliphatic heterocycles. The molecule has 1 N–H and O–H groups in total. The molecule has 1 aromatic carbocycles. The van der Waals surface area contributed by atoms with Crippen LogP contribution in [0.2, 0.25) is 0 Å². The number of aromatic nitrogens is 1. The second-order valence-electron chi connectivity index (χ2n) is 11.2. The lowest BCUT2D eigenvalue weighted by atomic mass is 9.87. The minimum absolute atomic E-state index is 0.360. The minimum Gasteiger partial charge on any atom is -0.354 e. The molecule has 1 aromatic heterocycles. The van der Waals surface area contributed by atoms with Crippen molar-refractivity contribution in [3.8, 4) is 0 Å².